The first-order valence-corrected chi connectivity index (χ1v) is 9.07. The summed E-state index contributed by atoms with van der Waals surface area (Å²) in [6.45, 7) is 4.23. The minimum absolute atomic E-state index is 0.0184. The first-order chi connectivity index (χ1) is 9.22. The van der Waals surface area contributed by atoms with Crippen molar-refractivity contribution in [3.8, 4) is 0 Å². The van der Waals surface area contributed by atoms with E-state index < -0.39 is 10.0 Å². The SMILES string of the molecule is CC1(C)CCCCC1NS(=O)(=O)c1ccc(Br)cc1N. The Bertz CT molecular complexity index is 599. The van der Waals surface area contributed by atoms with Gasteiger partial charge in [-0.25, -0.2) is 13.1 Å². The van der Waals surface area contributed by atoms with E-state index in [0.29, 0.717) is 0 Å². The number of sulfonamides is 1. The van der Waals surface area contributed by atoms with Crippen LogP contribution in [0.5, 0.6) is 0 Å². The summed E-state index contributed by atoms with van der Waals surface area (Å²) < 4.78 is 28.6. The average Bonchev–Trinajstić information content (AvgIpc) is 2.31. The second-order valence-corrected chi connectivity index (χ2v) is 8.69. The molecule has 1 aromatic rings. The highest BCUT2D eigenvalue weighted by atomic mass is 79.9. The number of rotatable bonds is 3. The molecule has 0 amide bonds. The van der Waals surface area contributed by atoms with Gasteiger partial charge in [0.25, 0.3) is 0 Å². The van der Waals surface area contributed by atoms with Gasteiger partial charge in [0.2, 0.25) is 10.0 Å². The number of hydrogen-bond acceptors (Lipinski definition) is 3. The molecule has 112 valence electrons. The largest absolute Gasteiger partial charge is 0.398 e. The molecule has 4 nitrogen and oxygen atoms in total. The third-order valence-corrected chi connectivity index (χ3v) is 6.10. The van der Waals surface area contributed by atoms with Crippen LogP contribution in [0, 0.1) is 5.41 Å². The molecule has 20 heavy (non-hydrogen) atoms. The van der Waals surface area contributed by atoms with Crippen molar-refractivity contribution in [3.05, 3.63) is 22.7 Å². The number of hydrogen-bond donors (Lipinski definition) is 2. The Labute approximate surface area is 129 Å². The summed E-state index contributed by atoms with van der Waals surface area (Å²) >= 11 is 3.28. The van der Waals surface area contributed by atoms with Crippen molar-refractivity contribution >= 4 is 31.6 Å². The highest BCUT2D eigenvalue weighted by Gasteiger charge is 2.35. The predicted molar refractivity (Wildman–Crippen MR) is 84.9 cm³/mol. The fraction of sp³-hybridized carbons (Fsp3) is 0.571. The smallest absolute Gasteiger partial charge is 0.242 e. The maximum Gasteiger partial charge on any atom is 0.242 e. The summed E-state index contributed by atoms with van der Waals surface area (Å²) in [6, 6.07) is 4.80. The molecular formula is C14H21BrN2O2S. The van der Waals surface area contributed by atoms with E-state index in [0.717, 1.165) is 30.2 Å². The van der Waals surface area contributed by atoms with Gasteiger partial charge in [0, 0.05) is 10.5 Å². The van der Waals surface area contributed by atoms with Crippen molar-refractivity contribution in [1.82, 2.24) is 4.72 Å². The number of nitrogens with two attached hydrogens (primary N) is 1. The second kappa shape index (κ2) is 5.66. The van der Waals surface area contributed by atoms with Crippen LogP contribution >= 0.6 is 15.9 Å². The van der Waals surface area contributed by atoms with Gasteiger partial charge in [-0.1, -0.05) is 42.6 Å². The molecule has 1 saturated carbocycles. The summed E-state index contributed by atoms with van der Waals surface area (Å²) in [5.41, 5.74) is 6.08. The molecular weight excluding hydrogens is 340 g/mol. The van der Waals surface area contributed by atoms with Crippen molar-refractivity contribution in [2.45, 2.75) is 50.5 Å². The van der Waals surface area contributed by atoms with Crippen molar-refractivity contribution in [3.63, 3.8) is 0 Å². The third-order valence-electron chi connectivity index (χ3n) is 4.07. The normalized spacial score (nSPS) is 22.6. The number of nitrogens with one attached hydrogen (secondary N) is 1. The molecule has 1 unspecified atom stereocenters. The Hall–Kier alpha value is -0.590. The van der Waals surface area contributed by atoms with Gasteiger partial charge in [0.1, 0.15) is 4.90 Å². The zero-order valence-electron chi connectivity index (χ0n) is 11.8. The fourth-order valence-corrected chi connectivity index (χ4v) is 4.66. The standard InChI is InChI=1S/C14H21BrN2O2S/c1-14(2)8-4-3-5-13(14)17-20(18,19)12-7-6-10(15)9-11(12)16/h6-7,9,13,17H,3-5,8,16H2,1-2H3. The number of nitrogen functional groups attached to an aromatic ring is 1. The Morgan fingerprint density at radius 1 is 1.35 bits per heavy atom. The Balaban J connectivity index is 2.27. The summed E-state index contributed by atoms with van der Waals surface area (Å²) in [5, 5.41) is 0. The van der Waals surface area contributed by atoms with Crippen molar-refractivity contribution in [2.24, 2.45) is 5.41 Å². The van der Waals surface area contributed by atoms with Crippen LogP contribution in [0.1, 0.15) is 39.5 Å². The minimum atomic E-state index is -3.57. The molecule has 0 spiro atoms. The number of halogens is 1. The maximum absolute atomic E-state index is 12.5. The number of anilines is 1. The van der Waals surface area contributed by atoms with Crippen LogP contribution in [-0.4, -0.2) is 14.5 Å². The van der Waals surface area contributed by atoms with Crippen LogP contribution < -0.4 is 10.5 Å². The van der Waals surface area contributed by atoms with Crippen molar-refractivity contribution in [1.29, 1.82) is 0 Å². The molecule has 1 aromatic carbocycles. The first kappa shape index (κ1) is 15.8. The lowest BCUT2D eigenvalue weighted by Crippen LogP contribution is -2.46. The molecule has 0 aromatic heterocycles. The summed E-state index contributed by atoms with van der Waals surface area (Å²) in [4.78, 5) is 0.155. The molecule has 1 aliphatic rings. The third kappa shape index (κ3) is 3.35. The van der Waals surface area contributed by atoms with E-state index in [1.54, 1.807) is 12.1 Å². The van der Waals surface area contributed by atoms with E-state index in [2.05, 4.69) is 34.5 Å². The summed E-state index contributed by atoms with van der Waals surface area (Å²) in [7, 11) is -3.57. The molecule has 1 aliphatic carbocycles. The lowest BCUT2D eigenvalue weighted by atomic mass is 9.74. The van der Waals surface area contributed by atoms with E-state index in [-0.39, 0.29) is 22.0 Å². The van der Waals surface area contributed by atoms with Gasteiger partial charge in [0.15, 0.2) is 0 Å². The molecule has 0 radical (unpaired) electrons. The molecule has 1 fully saturated rings. The molecule has 0 aliphatic heterocycles. The molecule has 0 heterocycles. The molecule has 1 atom stereocenters. The Morgan fingerprint density at radius 3 is 2.65 bits per heavy atom. The second-order valence-electron chi connectivity index (χ2n) is 6.09. The predicted octanol–water partition coefficient (Wildman–Crippen LogP) is 3.28. The van der Waals surface area contributed by atoms with Gasteiger partial charge < -0.3 is 5.73 Å². The molecule has 0 saturated heterocycles. The molecule has 6 heteroatoms. The van der Waals surface area contributed by atoms with Crippen LogP contribution in [0.2, 0.25) is 0 Å². The molecule has 3 N–H and O–H groups in total. The first-order valence-electron chi connectivity index (χ1n) is 6.80. The Morgan fingerprint density at radius 2 is 2.05 bits per heavy atom. The quantitative estimate of drug-likeness (QED) is 0.812. The lowest BCUT2D eigenvalue weighted by molar-refractivity contribution is 0.188. The lowest BCUT2D eigenvalue weighted by Gasteiger charge is -2.38. The maximum atomic E-state index is 12.5. The van der Waals surface area contributed by atoms with Gasteiger partial charge >= 0.3 is 0 Å². The summed E-state index contributed by atoms with van der Waals surface area (Å²) in [5.74, 6) is 0. The van der Waals surface area contributed by atoms with Gasteiger partial charge in [-0.2, -0.15) is 0 Å². The summed E-state index contributed by atoms with van der Waals surface area (Å²) in [6.07, 6.45) is 4.14. The van der Waals surface area contributed by atoms with Gasteiger partial charge in [-0.3, -0.25) is 0 Å². The molecule has 2 rings (SSSR count). The van der Waals surface area contributed by atoms with Gasteiger partial charge in [-0.15, -0.1) is 0 Å². The monoisotopic (exact) mass is 360 g/mol. The van der Waals surface area contributed by atoms with Gasteiger partial charge in [-0.05, 0) is 36.5 Å². The highest BCUT2D eigenvalue weighted by molar-refractivity contribution is 9.10. The van der Waals surface area contributed by atoms with Crippen molar-refractivity contribution in [2.75, 3.05) is 5.73 Å². The van der Waals surface area contributed by atoms with E-state index >= 15 is 0 Å². The Kier molecular flexibility index (Phi) is 4.47. The van der Waals surface area contributed by atoms with Gasteiger partial charge in [0.05, 0.1) is 5.69 Å². The van der Waals surface area contributed by atoms with E-state index in [9.17, 15) is 8.42 Å². The van der Waals surface area contributed by atoms with E-state index in [1.165, 1.54) is 6.07 Å². The van der Waals surface area contributed by atoms with E-state index in [4.69, 9.17) is 5.73 Å². The van der Waals surface area contributed by atoms with Crippen molar-refractivity contribution < 1.29 is 8.42 Å². The topological polar surface area (TPSA) is 72.2 Å². The van der Waals surface area contributed by atoms with Crippen LogP contribution in [-0.2, 0) is 10.0 Å². The zero-order valence-corrected chi connectivity index (χ0v) is 14.2. The van der Waals surface area contributed by atoms with Crippen LogP contribution in [0.15, 0.2) is 27.6 Å². The zero-order chi connectivity index (χ0) is 15.0. The van der Waals surface area contributed by atoms with Crippen LogP contribution in [0.25, 0.3) is 0 Å². The molecule has 0 bridgehead atoms. The van der Waals surface area contributed by atoms with Crippen LogP contribution in [0.4, 0.5) is 5.69 Å². The van der Waals surface area contributed by atoms with E-state index in [1.807, 2.05) is 0 Å². The fourth-order valence-electron chi connectivity index (χ4n) is 2.73. The average molecular weight is 361 g/mol. The van der Waals surface area contributed by atoms with Crippen LogP contribution in [0.3, 0.4) is 0 Å². The number of benzene rings is 1. The highest BCUT2D eigenvalue weighted by Crippen LogP contribution is 2.36. The minimum Gasteiger partial charge on any atom is -0.398 e.